The van der Waals surface area contributed by atoms with Gasteiger partial charge in [0.1, 0.15) is 12.4 Å². The molecule has 0 spiro atoms. The highest BCUT2D eigenvalue weighted by Gasteiger charge is 2.05. The van der Waals surface area contributed by atoms with Crippen LogP contribution in [0.1, 0.15) is 12.0 Å². The summed E-state index contributed by atoms with van der Waals surface area (Å²) >= 11 is 1.87. The smallest absolute Gasteiger partial charge is 0.193 e. The van der Waals surface area contributed by atoms with E-state index in [-0.39, 0.29) is 0 Å². The molecule has 0 saturated heterocycles. The zero-order chi connectivity index (χ0) is 15.5. The highest BCUT2D eigenvalue weighted by molar-refractivity contribution is 7.98. The van der Waals surface area contributed by atoms with Crippen LogP contribution in [0, 0.1) is 6.92 Å². The number of hydrogen-bond donors (Lipinski definition) is 1. The Balaban J connectivity index is 2.27. The van der Waals surface area contributed by atoms with Gasteiger partial charge in [-0.3, -0.25) is 4.99 Å². The minimum atomic E-state index is 0.644. The summed E-state index contributed by atoms with van der Waals surface area (Å²) in [4.78, 5) is 6.38. The Morgan fingerprint density at radius 2 is 2.05 bits per heavy atom. The summed E-state index contributed by atoms with van der Waals surface area (Å²) in [5.41, 5.74) is 1.24. The second-order valence-electron chi connectivity index (χ2n) is 4.90. The molecule has 0 aliphatic heterocycles. The first-order chi connectivity index (χ1) is 10.2. The van der Waals surface area contributed by atoms with Gasteiger partial charge >= 0.3 is 0 Å². The van der Waals surface area contributed by atoms with Crippen molar-refractivity contribution in [1.29, 1.82) is 0 Å². The zero-order valence-corrected chi connectivity index (χ0v) is 14.4. The fraction of sp³-hybridized carbons (Fsp3) is 0.562. The Hall–Kier alpha value is -1.36. The van der Waals surface area contributed by atoms with Gasteiger partial charge in [0.05, 0.1) is 6.54 Å². The standard InChI is InChI=1S/C16H27N3OS/c1-14-6-8-15(9-7-14)20-12-11-19(3)16(17-2)18-10-5-13-21-4/h6-9H,5,10-13H2,1-4H3,(H,17,18). The second-order valence-corrected chi connectivity index (χ2v) is 5.89. The molecule has 4 nitrogen and oxygen atoms in total. The molecule has 1 N–H and O–H groups in total. The zero-order valence-electron chi connectivity index (χ0n) is 13.6. The summed E-state index contributed by atoms with van der Waals surface area (Å²) in [5.74, 6) is 3.00. The Morgan fingerprint density at radius 3 is 2.67 bits per heavy atom. The van der Waals surface area contributed by atoms with Crippen LogP contribution in [-0.2, 0) is 0 Å². The highest BCUT2D eigenvalue weighted by atomic mass is 32.2. The number of thioether (sulfide) groups is 1. The molecule has 0 atom stereocenters. The monoisotopic (exact) mass is 309 g/mol. The summed E-state index contributed by atoms with van der Waals surface area (Å²) in [7, 11) is 3.84. The summed E-state index contributed by atoms with van der Waals surface area (Å²) < 4.78 is 5.74. The Bertz CT molecular complexity index is 420. The normalized spacial score (nSPS) is 11.3. The van der Waals surface area contributed by atoms with Crippen molar-refractivity contribution in [3.05, 3.63) is 29.8 Å². The van der Waals surface area contributed by atoms with Crippen molar-refractivity contribution >= 4 is 17.7 Å². The first-order valence-corrected chi connectivity index (χ1v) is 8.67. The van der Waals surface area contributed by atoms with E-state index in [4.69, 9.17) is 4.74 Å². The lowest BCUT2D eigenvalue weighted by molar-refractivity contribution is 0.281. The van der Waals surface area contributed by atoms with Gasteiger partial charge < -0.3 is 15.0 Å². The molecular weight excluding hydrogens is 282 g/mol. The molecule has 0 fully saturated rings. The molecule has 0 amide bonds. The van der Waals surface area contributed by atoms with Gasteiger partial charge in [0.15, 0.2) is 5.96 Å². The molecule has 118 valence electrons. The lowest BCUT2D eigenvalue weighted by Crippen LogP contribution is -2.41. The van der Waals surface area contributed by atoms with E-state index in [1.54, 1.807) is 0 Å². The first kappa shape index (κ1) is 17.7. The minimum Gasteiger partial charge on any atom is -0.492 e. The maximum Gasteiger partial charge on any atom is 0.193 e. The van der Waals surface area contributed by atoms with Crippen molar-refractivity contribution < 1.29 is 4.74 Å². The number of hydrogen-bond acceptors (Lipinski definition) is 3. The van der Waals surface area contributed by atoms with Gasteiger partial charge in [-0.05, 0) is 37.5 Å². The van der Waals surface area contributed by atoms with E-state index in [0.717, 1.165) is 31.2 Å². The maximum atomic E-state index is 5.74. The molecular formula is C16H27N3OS. The number of likely N-dealkylation sites (N-methyl/N-ethyl adjacent to an activating group) is 1. The molecule has 0 heterocycles. The first-order valence-electron chi connectivity index (χ1n) is 7.27. The van der Waals surface area contributed by atoms with Gasteiger partial charge in [-0.2, -0.15) is 11.8 Å². The fourth-order valence-corrected chi connectivity index (χ4v) is 2.28. The Morgan fingerprint density at radius 1 is 1.33 bits per heavy atom. The van der Waals surface area contributed by atoms with Gasteiger partial charge in [0.2, 0.25) is 0 Å². The van der Waals surface area contributed by atoms with Gasteiger partial charge in [0.25, 0.3) is 0 Å². The molecule has 0 unspecified atom stereocenters. The number of aryl methyl sites for hydroxylation is 1. The van der Waals surface area contributed by atoms with E-state index < -0.39 is 0 Å². The summed E-state index contributed by atoms with van der Waals surface area (Å²) in [6.45, 7) is 4.47. The molecule has 1 rings (SSSR count). The lowest BCUT2D eigenvalue weighted by atomic mass is 10.2. The Labute approximate surface area is 133 Å². The second kappa shape index (κ2) is 10.4. The van der Waals surface area contributed by atoms with Gasteiger partial charge in [-0.25, -0.2) is 0 Å². The summed E-state index contributed by atoms with van der Waals surface area (Å²) in [6.07, 6.45) is 3.28. The van der Waals surface area contributed by atoms with Crippen LogP contribution in [-0.4, -0.2) is 56.7 Å². The molecule has 0 aliphatic rings. The summed E-state index contributed by atoms with van der Waals surface area (Å²) in [5, 5.41) is 3.37. The number of nitrogens with zero attached hydrogens (tertiary/aromatic N) is 2. The number of nitrogens with one attached hydrogen (secondary N) is 1. The minimum absolute atomic E-state index is 0.644. The number of benzene rings is 1. The number of rotatable bonds is 8. The van der Waals surface area contributed by atoms with Crippen molar-refractivity contribution in [2.24, 2.45) is 4.99 Å². The molecule has 0 aromatic heterocycles. The summed E-state index contributed by atoms with van der Waals surface area (Å²) in [6, 6.07) is 8.13. The third-order valence-corrected chi connectivity index (χ3v) is 3.80. The third kappa shape index (κ3) is 7.27. The third-order valence-electron chi connectivity index (χ3n) is 3.10. The van der Waals surface area contributed by atoms with Gasteiger partial charge in [-0.15, -0.1) is 0 Å². The highest BCUT2D eigenvalue weighted by Crippen LogP contribution is 2.11. The van der Waals surface area contributed by atoms with E-state index in [2.05, 4.69) is 40.5 Å². The molecule has 21 heavy (non-hydrogen) atoms. The predicted octanol–water partition coefficient (Wildman–Crippen LogP) is 2.63. The van der Waals surface area contributed by atoms with Crippen LogP contribution < -0.4 is 10.1 Å². The fourth-order valence-electron chi connectivity index (χ4n) is 1.84. The lowest BCUT2D eigenvalue weighted by Gasteiger charge is -2.22. The van der Waals surface area contributed by atoms with Crippen LogP contribution in [0.3, 0.4) is 0 Å². The van der Waals surface area contributed by atoms with Gasteiger partial charge in [-0.1, -0.05) is 17.7 Å². The van der Waals surface area contributed by atoms with Crippen molar-refractivity contribution in [2.45, 2.75) is 13.3 Å². The van der Waals surface area contributed by atoms with Crippen molar-refractivity contribution in [2.75, 3.05) is 45.8 Å². The van der Waals surface area contributed by atoms with E-state index in [9.17, 15) is 0 Å². The van der Waals surface area contributed by atoms with Crippen LogP contribution in [0.5, 0.6) is 5.75 Å². The van der Waals surface area contributed by atoms with Gasteiger partial charge in [0, 0.05) is 20.6 Å². The van der Waals surface area contributed by atoms with Crippen LogP contribution in [0.4, 0.5) is 0 Å². The van der Waals surface area contributed by atoms with E-state index >= 15 is 0 Å². The quantitative estimate of drug-likeness (QED) is 0.455. The van der Waals surface area contributed by atoms with Crippen molar-refractivity contribution in [3.63, 3.8) is 0 Å². The largest absolute Gasteiger partial charge is 0.492 e. The predicted molar refractivity (Wildman–Crippen MR) is 93.7 cm³/mol. The number of guanidine groups is 1. The van der Waals surface area contributed by atoms with Crippen LogP contribution in [0.2, 0.25) is 0 Å². The molecule has 1 aromatic carbocycles. The number of ether oxygens (including phenoxy) is 1. The SMILES string of the molecule is CN=C(NCCCSC)N(C)CCOc1ccc(C)cc1. The molecule has 1 aromatic rings. The molecule has 0 radical (unpaired) electrons. The van der Waals surface area contributed by atoms with Crippen molar-refractivity contribution in [3.8, 4) is 5.75 Å². The average molecular weight is 309 g/mol. The molecule has 5 heteroatoms. The number of aliphatic imine (C=N–C) groups is 1. The van der Waals surface area contributed by atoms with Crippen molar-refractivity contribution in [1.82, 2.24) is 10.2 Å². The maximum absolute atomic E-state index is 5.74. The van der Waals surface area contributed by atoms with E-state index in [1.807, 2.05) is 38.0 Å². The Kier molecular flexibility index (Phi) is 8.74. The topological polar surface area (TPSA) is 36.9 Å². The molecule has 0 aliphatic carbocycles. The van der Waals surface area contributed by atoms with E-state index in [0.29, 0.717) is 6.61 Å². The van der Waals surface area contributed by atoms with Crippen LogP contribution in [0.25, 0.3) is 0 Å². The average Bonchev–Trinajstić information content (AvgIpc) is 2.49. The molecule has 0 bridgehead atoms. The molecule has 0 saturated carbocycles. The van der Waals surface area contributed by atoms with Crippen LogP contribution in [0.15, 0.2) is 29.3 Å². The van der Waals surface area contributed by atoms with Crippen LogP contribution >= 0.6 is 11.8 Å². The van der Waals surface area contributed by atoms with E-state index in [1.165, 1.54) is 11.3 Å².